The predicted molar refractivity (Wildman–Crippen MR) is 102 cm³/mol. The van der Waals surface area contributed by atoms with Gasteiger partial charge in [-0.25, -0.2) is 0 Å². The quantitative estimate of drug-likeness (QED) is 0.521. The number of ketones is 1. The van der Waals surface area contributed by atoms with Crippen LogP contribution < -0.4 is 4.90 Å². The number of benzene rings is 2. The Morgan fingerprint density at radius 2 is 1.71 bits per heavy atom. The third kappa shape index (κ3) is 4.05. The molecule has 0 saturated carbocycles. The molecule has 0 heterocycles. The zero-order valence-electron chi connectivity index (χ0n) is 13.8. The van der Waals surface area contributed by atoms with Crippen molar-refractivity contribution in [3.05, 3.63) is 64.7 Å². The van der Waals surface area contributed by atoms with E-state index in [1.807, 2.05) is 39.0 Å². The SMILES string of the molecule is CC(C)(C)N(C(=O)CBr)c1ccc(Cl)cc1C(=O)c1ccccc1. The molecule has 0 radical (unpaired) electrons. The highest BCUT2D eigenvalue weighted by Gasteiger charge is 2.30. The van der Waals surface area contributed by atoms with Gasteiger partial charge in [0.05, 0.1) is 11.0 Å². The number of rotatable bonds is 4. The fourth-order valence-corrected chi connectivity index (χ4v) is 2.98. The van der Waals surface area contributed by atoms with E-state index in [0.717, 1.165) is 0 Å². The first-order valence-electron chi connectivity index (χ1n) is 7.54. The molecule has 5 heteroatoms. The maximum Gasteiger partial charge on any atom is 0.238 e. The maximum absolute atomic E-state index is 13.0. The number of hydrogen-bond acceptors (Lipinski definition) is 2. The van der Waals surface area contributed by atoms with Gasteiger partial charge < -0.3 is 4.90 Å². The van der Waals surface area contributed by atoms with Gasteiger partial charge in [-0.3, -0.25) is 9.59 Å². The van der Waals surface area contributed by atoms with Crippen molar-refractivity contribution in [1.29, 1.82) is 0 Å². The number of amides is 1. The van der Waals surface area contributed by atoms with Crippen LogP contribution in [0.15, 0.2) is 48.5 Å². The van der Waals surface area contributed by atoms with Gasteiger partial charge in [-0.1, -0.05) is 57.9 Å². The molecule has 2 rings (SSSR count). The summed E-state index contributed by atoms with van der Waals surface area (Å²) in [4.78, 5) is 27.1. The number of carbonyl (C=O) groups excluding carboxylic acids is 2. The fraction of sp³-hybridized carbons (Fsp3) is 0.263. The normalized spacial score (nSPS) is 11.2. The van der Waals surface area contributed by atoms with Gasteiger partial charge in [0.2, 0.25) is 5.91 Å². The first-order valence-corrected chi connectivity index (χ1v) is 9.04. The van der Waals surface area contributed by atoms with Crippen LogP contribution >= 0.6 is 27.5 Å². The van der Waals surface area contributed by atoms with E-state index in [1.165, 1.54) is 0 Å². The van der Waals surface area contributed by atoms with E-state index >= 15 is 0 Å². The summed E-state index contributed by atoms with van der Waals surface area (Å²) in [5, 5.41) is 0.629. The highest BCUT2D eigenvalue weighted by atomic mass is 79.9. The Hall–Kier alpha value is -1.65. The van der Waals surface area contributed by atoms with Crippen molar-refractivity contribution in [2.75, 3.05) is 10.2 Å². The highest BCUT2D eigenvalue weighted by Crippen LogP contribution is 2.32. The van der Waals surface area contributed by atoms with Gasteiger partial charge in [0.15, 0.2) is 5.78 Å². The summed E-state index contributed by atoms with van der Waals surface area (Å²) in [7, 11) is 0. The summed E-state index contributed by atoms with van der Waals surface area (Å²) in [6.45, 7) is 5.79. The summed E-state index contributed by atoms with van der Waals surface area (Å²) in [5.41, 5.74) is 1.05. The third-order valence-corrected chi connectivity index (χ3v) is 4.23. The molecule has 0 aromatic heterocycles. The van der Waals surface area contributed by atoms with Gasteiger partial charge in [0, 0.05) is 21.7 Å². The fourth-order valence-electron chi connectivity index (χ4n) is 2.56. The molecule has 0 unspecified atom stereocenters. The molecule has 0 bridgehead atoms. The van der Waals surface area contributed by atoms with Crippen LogP contribution in [0.4, 0.5) is 5.69 Å². The van der Waals surface area contributed by atoms with Crippen molar-refractivity contribution in [3.8, 4) is 0 Å². The molecular weight excluding hydrogens is 390 g/mol. The minimum Gasteiger partial charge on any atom is -0.306 e. The molecule has 0 aliphatic rings. The lowest BCUT2D eigenvalue weighted by atomic mass is 9.97. The lowest BCUT2D eigenvalue weighted by Crippen LogP contribution is -2.47. The summed E-state index contributed by atoms with van der Waals surface area (Å²) >= 11 is 9.34. The number of halogens is 2. The van der Waals surface area contributed by atoms with Gasteiger partial charge in [0.25, 0.3) is 0 Å². The first kappa shape index (κ1) is 18.7. The van der Waals surface area contributed by atoms with Crippen LogP contribution in [0, 0.1) is 0 Å². The third-order valence-electron chi connectivity index (χ3n) is 3.51. The molecule has 1 amide bonds. The van der Waals surface area contributed by atoms with Crippen molar-refractivity contribution in [3.63, 3.8) is 0 Å². The minimum atomic E-state index is -0.482. The maximum atomic E-state index is 13.0. The minimum absolute atomic E-state index is 0.119. The predicted octanol–water partition coefficient (Wildman–Crippen LogP) is 5.10. The van der Waals surface area contributed by atoms with Crippen molar-refractivity contribution >= 4 is 44.9 Å². The van der Waals surface area contributed by atoms with Gasteiger partial charge >= 0.3 is 0 Å². The van der Waals surface area contributed by atoms with E-state index in [-0.39, 0.29) is 17.0 Å². The van der Waals surface area contributed by atoms with Gasteiger partial charge in [0.1, 0.15) is 0 Å². The van der Waals surface area contributed by atoms with E-state index in [9.17, 15) is 9.59 Å². The van der Waals surface area contributed by atoms with Crippen LogP contribution in [-0.2, 0) is 4.79 Å². The van der Waals surface area contributed by atoms with E-state index in [0.29, 0.717) is 21.8 Å². The second kappa shape index (κ2) is 7.49. The average Bonchev–Trinajstić information content (AvgIpc) is 2.55. The summed E-state index contributed by atoms with van der Waals surface area (Å²) in [5.74, 6) is -0.281. The second-order valence-electron chi connectivity index (χ2n) is 6.39. The number of carbonyl (C=O) groups is 2. The Morgan fingerprint density at radius 1 is 1.08 bits per heavy atom. The molecule has 2 aromatic carbocycles. The number of hydrogen-bond donors (Lipinski definition) is 0. The van der Waals surface area contributed by atoms with Crippen LogP contribution in [0.3, 0.4) is 0 Å². The van der Waals surface area contributed by atoms with Crippen molar-refractivity contribution in [2.24, 2.45) is 0 Å². The van der Waals surface area contributed by atoms with E-state index in [1.54, 1.807) is 35.2 Å². The summed E-state index contributed by atoms with van der Waals surface area (Å²) < 4.78 is 0. The molecule has 0 aliphatic heterocycles. The lowest BCUT2D eigenvalue weighted by molar-refractivity contribution is -0.117. The Bertz CT molecular complexity index is 754. The Kier molecular flexibility index (Phi) is 5.83. The van der Waals surface area contributed by atoms with Gasteiger partial charge in [-0.05, 0) is 39.0 Å². The molecule has 0 fully saturated rings. The average molecular weight is 409 g/mol. The Labute approximate surface area is 155 Å². The highest BCUT2D eigenvalue weighted by molar-refractivity contribution is 9.09. The molecule has 0 saturated heterocycles. The van der Waals surface area contributed by atoms with Gasteiger partial charge in [-0.2, -0.15) is 0 Å². The standard InChI is InChI=1S/C19H19BrClNO2/c1-19(2,3)22(17(23)12-20)16-10-9-14(21)11-15(16)18(24)13-7-5-4-6-8-13/h4-11H,12H2,1-3H3. The summed E-state index contributed by atoms with van der Waals surface area (Å²) in [6.07, 6.45) is 0. The number of nitrogens with zero attached hydrogens (tertiary/aromatic N) is 1. The molecule has 0 atom stereocenters. The van der Waals surface area contributed by atoms with Crippen molar-refractivity contribution in [2.45, 2.75) is 26.3 Å². The van der Waals surface area contributed by atoms with Crippen LogP contribution in [0.25, 0.3) is 0 Å². The molecule has 0 N–H and O–H groups in total. The topological polar surface area (TPSA) is 37.4 Å². The molecule has 0 spiro atoms. The van der Waals surface area contributed by atoms with Gasteiger partial charge in [-0.15, -0.1) is 0 Å². The Balaban J connectivity index is 2.63. The van der Waals surface area contributed by atoms with Crippen LogP contribution in [0.1, 0.15) is 36.7 Å². The van der Waals surface area contributed by atoms with E-state index in [4.69, 9.17) is 11.6 Å². The summed E-state index contributed by atoms with van der Waals surface area (Å²) in [6, 6.07) is 14.0. The van der Waals surface area contributed by atoms with Crippen molar-refractivity contribution < 1.29 is 9.59 Å². The monoisotopic (exact) mass is 407 g/mol. The zero-order valence-corrected chi connectivity index (χ0v) is 16.2. The molecule has 2 aromatic rings. The second-order valence-corrected chi connectivity index (χ2v) is 7.39. The van der Waals surface area contributed by atoms with Crippen LogP contribution in [0.5, 0.6) is 0 Å². The molecule has 24 heavy (non-hydrogen) atoms. The Morgan fingerprint density at radius 3 is 2.25 bits per heavy atom. The van der Waals surface area contributed by atoms with Crippen molar-refractivity contribution in [1.82, 2.24) is 0 Å². The smallest absolute Gasteiger partial charge is 0.238 e. The number of anilines is 1. The molecule has 3 nitrogen and oxygen atoms in total. The largest absolute Gasteiger partial charge is 0.306 e. The lowest BCUT2D eigenvalue weighted by Gasteiger charge is -2.36. The van der Waals surface area contributed by atoms with Crippen LogP contribution in [0.2, 0.25) is 5.02 Å². The van der Waals surface area contributed by atoms with Crippen LogP contribution in [-0.4, -0.2) is 22.6 Å². The number of alkyl halides is 1. The van der Waals surface area contributed by atoms with E-state index in [2.05, 4.69) is 15.9 Å². The first-order chi connectivity index (χ1) is 11.3. The molecule has 0 aliphatic carbocycles. The molecular formula is C19H19BrClNO2. The molecule has 126 valence electrons. The zero-order chi connectivity index (χ0) is 17.9. The van der Waals surface area contributed by atoms with E-state index < -0.39 is 5.54 Å².